The Labute approximate surface area is 86.4 Å². The van der Waals surface area contributed by atoms with Gasteiger partial charge in [0.15, 0.2) is 0 Å². The maximum atomic E-state index is 5.59. The van der Waals surface area contributed by atoms with Crippen molar-refractivity contribution < 1.29 is 0 Å². The molecule has 0 saturated carbocycles. The second-order valence-corrected chi connectivity index (χ2v) is 4.19. The number of aromatic nitrogens is 3. The van der Waals surface area contributed by atoms with Gasteiger partial charge in [0.2, 0.25) is 0 Å². The van der Waals surface area contributed by atoms with Crippen molar-refractivity contribution in [1.29, 1.82) is 0 Å². The van der Waals surface area contributed by atoms with E-state index < -0.39 is 0 Å². The summed E-state index contributed by atoms with van der Waals surface area (Å²) < 4.78 is 1.77. The van der Waals surface area contributed by atoms with Gasteiger partial charge in [0.05, 0.1) is 5.69 Å². The average Bonchev–Trinajstić information content (AvgIpc) is 2.71. The molecule has 14 heavy (non-hydrogen) atoms. The molecular weight excluding hydrogens is 196 g/mol. The van der Waals surface area contributed by atoms with Crippen molar-refractivity contribution in [2.75, 3.05) is 0 Å². The SMILES string of the molecule is Cc1nc(-c2ccn(C)n2)sc1CN. The molecule has 2 heterocycles. The van der Waals surface area contributed by atoms with Crippen LogP contribution in [-0.2, 0) is 13.6 Å². The quantitative estimate of drug-likeness (QED) is 0.809. The van der Waals surface area contributed by atoms with E-state index in [4.69, 9.17) is 5.73 Å². The summed E-state index contributed by atoms with van der Waals surface area (Å²) in [5, 5.41) is 5.24. The summed E-state index contributed by atoms with van der Waals surface area (Å²) in [6, 6.07) is 1.96. The lowest BCUT2D eigenvalue weighted by atomic mass is 10.4. The van der Waals surface area contributed by atoms with E-state index in [2.05, 4.69) is 10.1 Å². The topological polar surface area (TPSA) is 56.7 Å². The first-order valence-corrected chi connectivity index (χ1v) is 5.18. The molecule has 0 unspecified atom stereocenters. The predicted octanol–water partition coefficient (Wildman–Crippen LogP) is 1.31. The van der Waals surface area contributed by atoms with Crippen LogP contribution >= 0.6 is 11.3 Å². The van der Waals surface area contributed by atoms with E-state index in [-0.39, 0.29) is 0 Å². The van der Waals surface area contributed by atoms with Gasteiger partial charge in [0.25, 0.3) is 0 Å². The van der Waals surface area contributed by atoms with Gasteiger partial charge in [-0.3, -0.25) is 4.68 Å². The van der Waals surface area contributed by atoms with Crippen LogP contribution in [-0.4, -0.2) is 14.8 Å². The van der Waals surface area contributed by atoms with Crippen LogP contribution < -0.4 is 5.73 Å². The second-order valence-electron chi connectivity index (χ2n) is 3.11. The van der Waals surface area contributed by atoms with Crippen LogP contribution in [0.15, 0.2) is 12.3 Å². The van der Waals surface area contributed by atoms with Crippen LogP contribution in [0, 0.1) is 6.92 Å². The molecule has 0 atom stereocenters. The first-order valence-electron chi connectivity index (χ1n) is 4.37. The molecule has 2 aromatic rings. The van der Waals surface area contributed by atoms with Crippen LogP contribution in [0.25, 0.3) is 10.7 Å². The molecule has 0 aliphatic rings. The molecule has 74 valence electrons. The molecule has 2 N–H and O–H groups in total. The van der Waals surface area contributed by atoms with Crippen molar-refractivity contribution in [1.82, 2.24) is 14.8 Å². The molecule has 0 saturated heterocycles. The van der Waals surface area contributed by atoms with Crippen molar-refractivity contribution in [2.24, 2.45) is 12.8 Å². The minimum absolute atomic E-state index is 0.552. The Hall–Kier alpha value is -1.20. The number of hydrogen-bond donors (Lipinski definition) is 1. The Morgan fingerprint density at radius 3 is 2.86 bits per heavy atom. The van der Waals surface area contributed by atoms with Gasteiger partial charge in [-0.1, -0.05) is 0 Å². The van der Waals surface area contributed by atoms with Crippen LogP contribution in [0.3, 0.4) is 0 Å². The molecule has 0 aliphatic heterocycles. The molecule has 0 aliphatic carbocycles. The Morgan fingerprint density at radius 2 is 2.36 bits per heavy atom. The molecule has 0 amide bonds. The molecule has 0 aromatic carbocycles. The van der Waals surface area contributed by atoms with Gasteiger partial charge in [-0.25, -0.2) is 4.98 Å². The van der Waals surface area contributed by atoms with Gasteiger partial charge in [-0.2, -0.15) is 5.10 Å². The zero-order valence-corrected chi connectivity index (χ0v) is 9.01. The smallest absolute Gasteiger partial charge is 0.144 e. The molecule has 0 fully saturated rings. The van der Waals surface area contributed by atoms with Crippen molar-refractivity contribution in [3.8, 4) is 10.7 Å². The van der Waals surface area contributed by atoms with E-state index in [1.165, 1.54) is 0 Å². The summed E-state index contributed by atoms with van der Waals surface area (Å²) in [5.41, 5.74) is 7.52. The lowest BCUT2D eigenvalue weighted by Gasteiger charge is -1.87. The third-order valence-electron chi connectivity index (χ3n) is 2.01. The summed E-state index contributed by atoms with van der Waals surface area (Å²) in [6.07, 6.45) is 1.91. The number of hydrogen-bond acceptors (Lipinski definition) is 4. The molecular formula is C9H12N4S. The van der Waals surface area contributed by atoms with E-state index in [1.54, 1.807) is 16.0 Å². The van der Waals surface area contributed by atoms with Crippen molar-refractivity contribution in [3.05, 3.63) is 22.8 Å². The van der Waals surface area contributed by atoms with Gasteiger partial charge in [-0.05, 0) is 13.0 Å². The van der Waals surface area contributed by atoms with Crippen LogP contribution in [0.1, 0.15) is 10.6 Å². The number of nitrogens with zero attached hydrogens (tertiary/aromatic N) is 3. The van der Waals surface area contributed by atoms with Crippen LogP contribution in [0.2, 0.25) is 0 Å². The van der Waals surface area contributed by atoms with Gasteiger partial charge < -0.3 is 5.73 Å². The summed E-state index contributed by atoms with van der Waals surface area (Å²) in [7, 11) is 1.90. The second kappa shape index (κ2) is 3.51. The third-order valence-corrected chi connectivity index (χ3v) is 3.21. The third kappa shape index (κ3) is 1.56. The Kier molecular flexibility index (Phi) is 2.35. The zero-order chi connectivity index (χ0) is 10.1. The van der Waals surface area contributed by atoms with Gasteiger partial charge >= 0.3 is 0 Å². The Balaban J connectivity index is 2.42. The van der Waals surface area contributed by atoms with Crippen molar-refractivity contribution in [2.45, 2.75) is 13.5 Å². The van der Waals surface area contributed by atoms with Gasteiger partial charge in [0.1, 0.15) is 10.7 Å². The van der Waals surface area contributed by atoms with E-state index in [0.29, 0.717) is 6.54 Å². The monoisotopic (exact) mass is 208 g/mol. The summed E-state index contributed by atoms with van der Waals surface area (Å²) in [5.74, 6) is 0. The highest BCUT2D eigenvalue weighted by Gasteiger charge is 2.09. The van der Waals surface area contributed by atoms with Crippen molar-refractivity contribution in [3.63, 3.8) is 0 Å². The Bertz CT molecular complexity index is 443. The number of aryl methyl sites for hydroxylation is 2. The van der Waals surface area contributed by atoms with Gasteiger partial charge in [-0.15, -0.1) is 11.3 Å². The molecule has 2 rings (SSSR count). The summed E-state index contributed by atoms with van der Waals surface area (Å²) in [4.78, 5) is 5.56. The van der Waals surface area contributed by atoms with Crippen LogP contribution in [0.5, 0.6) is 0 Å². The highest BCUT2D eigenvalue weighted by Crippen LogP contribution is 2.25. The van der Waals surface area contributed by atoms with E-state index in [1.807, 2.05) is 26.2 Å². The maximum Gasteiger partial charge on any atom is 0.144 e. The van der Waals surface area contributed by atoms with Crippen molar-refractivity contribution >= 4 is 11.3 Å². The van der Waals surface area contributed by atoms with Crippen LogP contribution in [0.4, 0.5) is 0 Å². The largest absolute Gasteiger partial charge is 0.326 e. The molecule has 4 nitrogen and oxygen atoms in total. The lowest BCUT2D eigenvalue weighted by molar-refractivity contribution is 0.770. The maximum absolute atomic E-state index is 5.59. The fourth-order valence-electron chi connectivity index (χ4n) is 1.26. The first-order chi connectivity index (χ1) is 6.70. The predicted molar refractivity (Wildman–Crippen MR) is 56.9 cm³/mol. The van der Waals surface area contributed by atoms with E-state index >= 15 is 0 Å². The zero-order valence-electron chi connectivity index (χ0n) is 8.19. The minimum atomic E-state index is 0.552. The van der Waals surface area contributed by atoms with E-state index in [0.717, 1.165) is 21.3 Å². The molecule has 0 radical (unpaired) electrons. The van der Waals surface area contributed by atoms with Gasteiger partial charge in [0, 0.05) is 24.7 Å². The number of rotatable bonds is 2. The molecule has 0 bridgehead atoms. The normalized spacial score (nSPS) is 10.8. The number of thiazole rings is 1. The summed E-state index contributed by atoms with van der Waals surface area (Å²) in [6.45, 7) is 2.53. The fourth-order valence-corrected chi connectivity index (χ4v) is 2.16. The lowest BCUT2D eigenvalue weighted by Crippen LogP contribution is -1.94. The average molecular weight is 208 g/mol. The molecule has 5 heteroatoms. The molecule has 2 aromatic heterocycles. The first kappa shape index (κ1) is 9.36. The minimum Gasteiger partial charge on any atom is -0.326 e. The Morgan fingerprint density at radius 1 is 1.57 bits per heavy atom. The molecule has 0 spiro atoms. The number of nitrogens with two attached hydrogens (primary N) is 1. The standard InChI is InChI=1S/C9H12N4S/c1-6-8(5-10)14-9(11-6)7-3-4-13(2)12-7/h3-4H,5,10H2,1-2H3. The fraction of sp³-hybridized carbons (Fsp3) is 0.333. The summed E-state index contributed by atoms with van der Waals surface area (Å²) >= 11 is 1.61. The highest BCUT2D eigenvalue weighted by atomic mass is 32.1. The van der Waals surface area contributed by atoms with E-state index in [9.17, 15) is 0 Å². The highest BCUT2D eigenvalue weighted by molar-refractivity contribution is 7.15.